The fourth-order valence-corrected chi connectivity index (χ4v) is 2.95. The quantitative estimate of drug-likeness (QED) is 0.803. The first kappa shape index (κ1) is 16.5. The zero-order valence-electron chi connectivity index (χ0n) is 13.7. The average molecular weight is 389 g/mol. The third kappa shape index (κ3) is 3.01. The number of rotatable bonds is 3. The summed E-state index contributed by atoms with van der Waals surface area (Å²) in [7, 11) is 3.17. The van der Waals surface area contributed by atoms with Crippen LogP contribution in [0.25, 0.3) is 0 Å². The van der Waals surface area contributed by atoms with Crippen molar-refractivity contribution in [3.63, 3.8) is 0 Å². The Labute approximate surface area is 149 Å². The van der Waals surface area contributed by atoms with E-state index in [4.69, 9.17) is 9.47 Å². The highest BCUT2D eigenvalue weighted by molar-refractivity contribution is 9.10. The minimum absolute atomic E-state index is 0.0948. The highest BCUT2D eigenvalue weighted by Crippen LogP contribution is 2.33. The van der Waals surface area contributed by atoms with Crippen molar-refractivity contribution in [2.75, 3.05) is 19.2 Å². The molecule has 0 spiro atoms. The molecule has 3 rings (SSSR count). The number of carbonyl (C=O) groups is 1. The van der Waals surface area contributed by atoms with E-state index in [1.165, 1.54) is 5.01 Å². The van der Waals surface area contributed by atoms with Crippen molar-refractivity contribution in [1.29, 1.82) is 0 Å². The summed E-state index contributed by atoms with van der Waals surface area (Å²) < 4.78 is 11.7. The fraction of sp³-hybridized carbons (Fsp3) is 0.222. The van der Waals surface area contributed by atoms with Crippen LogP contribution in [0.1, 0.15) is 18.1 Å². The van der Waals surface area contributed by atoms with Crippen molar-refractivity contribution in [3.05, 3.63) is 52.0 Å². The predicted molar refractivity (Wildman–Crippen MR) is 97.1 cm³/mol. The molecule has 0 fully saturated rings. The molecule has 0 bridgehead atoms. The molecule has 124 valence electrons. The molecular weight excluding hydrogens is 372 g/mol. The van der Waals surface area contributed by atoms with Crippen molar-refractivity contribution >= 4 is 33.2 Å². The van der Waals surface area contributed by atoms with Crippen LogP contribution in [0.15, 0.2) is 46.0 Å². The van der Waals surface area contributed by atoms with Crippen LogP contribution >= 0.6 is 15.9 Å². The third-order valence-corrected chi connectivity index (χ3v) is 4.43. The van der Waals surface area contributed by atoms with Gasteiger partial charge in [-0.3, -0.25) is 4.79 Å². The molecule has 0 unspecified atom stereocenters. The summed E-state index contributed by atoms with van der Waals surface area (Å²) in [5.74, 6) is 1.13. The fourth-order valence-electron chi connectivity index (χ4n) is 2.69. The van der Waals surface area contributed by atoms with E-state index >= 15 is 0 Å². The molecule has 1 aliphatic heterocycles. The number of amides is 1. The number of hydrogen-bond acceptors (Lipinski definition) is 4. The highest BCUT2D eigenvalue weighted by Gasteiger charge is 2.24. The number of nitrogens with zero attached hydrogens (tertiary/aromatic N) is 2. The number of hydrazone groups is 1. The number of anilines is 1. The summed E-state index contributed by atoms with van der Waals surface area (Å²) in [5.41, 5.74) is 3.24. The first-order valence-electron chi connectivity index (χ1n) is 7.42. The van der Waals surface area contributed by atoms with Crippen molar-refractivity contribution in [2.24, 2.45) is 5.10 Å². The lowest BCUT2D eigenvalue weighted by Gasteiger charge is -2.16. The van der Waals surface area contributed by atoms with Gasteiger partial charge in [-0.05, 0) is 48.9 Å². The van der Waals surface area contributed by atoms with Gasteiger partial charge >= 0.3 is 0 Å². The average Bonchev–Trinajstić information content (AvgIpc) is 2.70. The Morgan fingerprint density at radius 3 is 2.33 bits per heavy atom. The number of methoxy groups -OCH3 is 2. The molecule has 0 atom stereocenters. The zero-order chi connectivity index (χ0) is 17.3. The second-order valence-corrected chi connectivity index (χ2v) is 6.32. The minimum Gasteiger partial charge on any atom is -0.493 e. The molecule has 0 saturated heterocycles. The van der Waals surface area contributed by atoms with E-state index in [9.17, 15) is 4.79 Å². The Bertz CT molecular complexity index is 816. The Kier molecular flexibility index (Phi) is 4.57. The number of fused-ring (bicyclic) bond motifs is 1. The van der Waals surface area contributed by atoms with Crippen LogP contribution < -0.4 is 14.5 Å². The van der Waals surface area contributed by atoms with Crippen LogP contribution in [0.2, 0.25) is 0 Å². The van der Waals surface area contributed by atoms with E-state index in [2.05, 4.69) is 21.0 Å². The molecular formula is C18H17BrN2O3. The van der Waals surface area contributed by atoms with Gasteiger partial charge in [-0.25, -0.2) is 5.01 Å². The summed E-state index contributed by atoms with van der Waals surface area (Å²) in [6.07, 6.45) is 0.243. The summed E-state index contributed by atoms with van der Waals surface area (Å²) in [4.78, 5) is 12.7. The zero-order valence-corrected chi connectivity index (χ0v) is 15.3. The van der Waals surface area contributed by atoms with Gasteiger partial charge in [0.05, 0.1) is 32.0 Å². The number of halogens is 1. The van der Waals surface area contributed by atoms with E-state index in [1.807, 2.05) is 43.3 Å². The maximum absolute atomic E-state index is 12.7. The summed E-state index contributed by atoms with van der Waals surface area (Å²) in [6, 6.07) is 11.2. The summed E-state index contributed by atoms with van der Waals surface area (Å²) >= 11 is 3.40. The standard InChI is InChI=1S/C18H17BrN2O3/c1-11-15-10-17(24-3)16(23-2)8-12(15)9-18(22)21(20-11)14-6-4-13(19)5-7-14/h4-8,10H,9H2,1-3H3. The lowest BCUT2D eigenvalue weighted by atomic mass is 10.00. The van der Waals surface area contributed by atoms with Crippen LogP contribution in [0.3, 0.4) is 0 Å². The molecule has 2 aromatic rings. The number of ether oxygens (including phenoxy) is 2. The third-order valence-electron chi connectivity index (χ3n) is 3.90. The Hall–Kier alpha value is -2.34. The Morgan fingerprint density at radius 2 is 1.71 bits per heavy atom. The number of carbonyl (C=O) groups excluding carboxylic acids is 1. The van der Waals surface area contributed by atoms with Crippen LogP contribution in [-0.2, 0) is 11.2 Å². The lowest BCUT2D eigenvalue weighted by molar-refractivity contribution is -0.117. The molecule has 1 amide bonds. The van der Waals surface area contributed by atoms with Gasteiger partial charge in [0.1, 0.15) is 0 Å². The van der Waals surface area contributed by atoms with Crippen LogP contribution in [0.5, 0.6) is 11.5 Å². The molecule has 0 radical (unpaired) electrons. The van der Waals surface area contributed by atoms with Crippen LogP contribution in [0, 0.1) is 0 Å². The van der Waals surface area contributed by atoms with Crippen molar-refractivity contribution in [3.8, 4) is 11.5 Å². The van der Waals surface area contributed by atoms with Gasteiger partial charge < -0.3 is 9.47 Å². The van der Waals surface area contributed by atoms with Crippen LogP contribution in [0.4, 0.5) is 5.69 Å². The van der Waals surface area contributed by atoms with E-state index in [-0.39, 0.29) is 12.3 Å². The molecule has 1 heterocycles. The van der Waals surface area contributed by atoms with E-state index in [1.54, 1.807) is 14.2 Å². The SMILES string of the molecule is COc1cc2c(cc1OC)C(C)=NN(c1ccc(Br)cc1)C(=O)C2. The van der Waals surface area contributed by atoms with Gasteiger partial charge in [0, 0.05) is 10.0 Å². The van der Waals surface area contributed by atoms with Gasteiger partial charge in [-0.15, -0.1) is 0 Å². The smallest absolute Gasteiger partial charge is 0.251 e. The molecule has 5 nitrogen and oxygen atoms in total. The lowest BCUT2D eigenvalue weighted by Crippen LogP contribution is -2.26. The summed E-state index contributed by atoms with van der Waals surface area (Å²) in [6.45, 7) is 1.88. The van der Waals surface area contributed by atoms with Gasteiger partial charge in [-0.2, -0.15) is 5.10 Å². The first-order valence-corrected chi connectivity index (χ1v) is 8.21. The maximum Gasteiger partial charge on any atom is 0.251 e. The van der Waals surface area contributed by atoms with Crippen molar-refractivity contribution < 1.29 is 14.3 Å². The maximum atomic E-state index is 12.7. The topological polar surface area (TPSA) is 51.1 Å². The predicted octanol–water partition coefficient (Wildman–Crippen LogP) is 3.78. The second-order valence-electron chi connectivity index (χ2n) is 5.41. The number of benzene rings is 2. The van der Waals surface area contributed by atoms with Gasteiger partial charge in [-0.1, -0.05) is 15.9 Å². The molecule has 24 heavy (non-hydrogen) atoms. The van der Waals surface area contributed by atoms with E-state index in [0.29, 0.717) is 11.5 Å². The van der Waals surface area contributed by atoms with E-state index in [0.717, 1.165) is 27.0 Å². The molecule has 0 aliphatic carbocycles. The van der Waals surface area contributed by atoms with E-state index < -0.39 is 0 Å². The first-order chi connectivity index (χ1) is 11.5. The minimum atomic E-state index is -0.0948. The summed E-state index contributed by atoms with van der Waals surface area (Å²) in [5, 5.41) is 5.96. The Morgan fingerprint density at radius 1 is 1.08 bits per heavy atom. The van der Waals surface area contributed by atoms with Gasteiger partial charge in [0.2, 0.25) is 0 Å². The largest absolute Gasteiger partial charge is 0.493 e. The normalized spacial score (nSPS) is 13.9. The molecule has 0 N–H and O–H groups in total. The molecule has 2 aromatic carbocycles. The van der Waals surface area contributed by atoms with Gasteiger partial charge in [0.15, 0.2) is 11.5 Å². The number of hydrogen-bond donors (Lipinski definition) is 0. The molecule has 6 heteroatoms. The highest BCUT2D eigenvalue weighted by atomic mass is 79.9. The monoisotopic (exact) mass is 388 g/mol. The molecule has 1 aliphatic rings. The molecule has 0 saturated carbocycles. The van der Waals surface area contributed by atoms with Crippen molar-refractivity contribution in [2.45, 2.75) is 13.3 Å². The Balaban J connectivity index is 2.07. The van der Waals surface area contributed by atoms with Crippen molar-refractivity contribution in [1.82, 2.24) is 0 Å². The molecule has 0 aromatic heterocycles. The van der Waals surface area contributed by atoms with Gasteiger partial charge in [0.25, 0.3) is 5.91 Å². The van der Waals surface area contributed by atoms with Crippen LogP contribution in [-0.4, -0.2) is 25.8 Å². The second kappa shape index (κ2) is 6.65.